The number of urea groups is 1. The van der Waals surface area contributed by atoms with Crippen molar-refractivity contribution in [2.45, 2.75) is 20.8 Å². The largest absolute Gasteiger partial charge is 0.369 e. The molecule has 0 aliphatic carbocycles. The molecule has 0 spiro atoms. The zero-order valence-electron chi connectivity index (χ0n) is 13.3. The summed E-state index contributed by atoms with van der Waals surface area (Å²) in [5.74, 6) is -0.465. The minimum Gasteiger partial charge on any atom is -0.369 e. The number of nitrogens with one attached hydrogen (secondary N) is 2. The lowest BCUT2D eigenvalue weighted by Gasteiger charge is -2.27. The first-order valence-corrected chi connectivity index (χ1v) is 7.94. The number of halogens is 1. The maximum atomic E-state index is 12.0. The van der Waals surface area contributed by atoms with E-state index in [4.69, 9.17) is 5.73 Å². The molecular formula is C15H20BrN5O2. The molecule has 2 heterocycles. The second-order valence-corrected chi connectivity index (χ2v) is 7.31. The van der Waals surface area contributed by atoms with Gasteiger partial charge in [-0.2, -0.15) is 0 Å². The second kappa shape index (κ2) is 6.57. The number of carbonyl (C=O) groups is 2. The summed E-state index contributed by atoms with van der Waals surface area (Å²) in [4.78, 5) is 27.8. The van der Waals surface area contributed by atoms with Gasteiger partial charge in [0.1, 0.15) is 5.65 Å². The number of carbonyl (C=O) groups excluding carboxylic acids is 2. The molecule has 0 radical (unpaired) electrons. The molecule has 0 aromatic carbocycles. The lowest BCUT2D eigenvalue weighted by Crippen LogP contribution is -2.43. The van der Waals surface area contributed by atoms with E-state index in [1.165, 1.54) is 0 Å². The van der Waals surface area contributed by atoms with Crippen molar-refractivity contribution >= 4 is 39.3 Å². The lowest BCUT2D eigenvalue weighted by molar-refractivity contribution is -0.124. The van der Waals surface area contributed by atoms with E-state index < -0.39 is 17.9 Å². The molecule has 3 amide bonds. The minimum absolute atomic E-state index is 0.170. The maximum Gasteiger partial charge on any atom is 0.320 e. The molecule has 0 bridgehead atoms. The van der Waals surface area contributed by atoms with Gasteiger partial charge in [-0.1, -0.05) is 20.8 Å². The van der Waals surface area contributed by atoms with Gasteiger partial charge in [-0.05, 0) is 33.5 Å². The van der Waals surface area contributed by atoms with E-state index in [2.05, 4.69) is 31.5 Å². The highest BCUT2D eigenvalue weighted by Gasteiger charge is 2.29. The molecule has 4 N–H and O–H groups in total. The second-order valence-electron chi connectivity index (χ2n) is 6.39. The summed E-state index contributed by atoms with van der Waals surface area (Å²) >= 11 is 3.37. The number of hydrogen-bond donors (Lipinski definition) is 3. The van der Waals surface area contributed by atoms with Gasteiger partial charge >= 0.3 is 6.03 Å². The Balaban J connectivity index is 1.99. The molecule has 0 fully saturated rings. The molecule has 8 heteroatoms. The third-order valence-corrected chi connectivity index (χ3v) is 3.98. The van der Waals surface area contributed by atoms with E-state index in [-0.39, 0.29) is 12.0 Å². The number of primary amides is 1. The van der Waals surface area contributed by atoms with Gasteiger partial charge in [0.05, 0.1) is 12.1 Å². The van der Waals surface area contributed by atoms with Crippen LogP contribution in [0.3, 0.4) is 0 Å². The number of hydrogen-bond acceptors (Lipinski definition) is 3. The minimum atomic E-state index is -0.453. The Labute approximate surface area is 142 Å². The van der Waals surface area contributed by atoms with E-state index in [1.54, 1.807) is 10.6 Å². The van der Waals surface area contributed by atoms with Crippen molar-refractivity contribution in [2.24, 2.45) is 17.1 Å². The summed E-state index contributed by atoms with van der Waals surface area (Å²) in [6.45, 7) is 5.88. The number of fused-ring (bicyclic) bond motifs is 1. The van der Waals surface area contributed by atoms with E-state index in [0.717, 1.165) is 4.47 Å². The van der Waals surface area contributed by atoms with Crippen molar-refractivity contribution in [3.63, 3.8) is 0 Å². The number of amides is 3. The molecular weight excluding hydrogens is 362 g/mol. The zero-order valence-corrected chi connectivity index (χ0v) is 14.8. The number of nitrogens with two attached hydrogens (primary N) is 1. The molecule has 1 atom stereocenters. The average molecular weight is 382 g/mol. The first kappa shape index (κ1) is 17.3. The Morgan fingerprint density at radius 1 is 1.35 bits per heavy atom. The first-order valence-electron chi connectivity index (χ1n) is 7.15. The molecule has 1 unspecified atom stereocenters. The highest BCUT2D eigenvalue weighted by atomic mass is 79.9. The van der Waals surface area contributed by atoms with Crippen LogP contribution in [0.25, 0.3) is 5.65 Å². The smallest absolute Gasteiger partial charge is 0.320 e. The number of nitrogens with zero attached hydrogens (tertiary/aromatic N) is 2. The van der Waals surface area contributed by atoms with Crippen LogP contribution in [0.15, 0.2) is 29.0 Å². The summed E-state index contributed by atoms with van der Waals surface area (Å²) < 4.78 is 2.70. The van der Waals surface area contributed by atoms with Gasteiger partial charge < -0.3 is 15.5 Å². The van der Waals surface area contributed by atoms with Gasteiger partial charge in [-0.15, -0.1) is 0 Å². The molecule has 2 aromatic rings. The number of pyridine rings is 1. The third kappa shape index (κ3) is 4.44. The van der Waals surface area contributed by atoms with E-state index in [1.807, 2.05) is 39.1 Å². The fourth-order valence-corrected chi connectivity index (χ4v) is 2.57. The molecule has 0 saturated carbocycles. The van der Waals surface area contributed by atoms with Crippen LogP contribution < -0.4 is 16.4 Å². The van der Waals surface area contributed by atoms with Gasteiger partial charge in [0.25, 0.3) is 0 Å². The summed E-state index contributed by atoms with van der Waals surface area (Å²) in [6, 6.07) is 3.27. The van der Waals surface area contributed by atoms with Crippen LogP contribution in [-0.2, 0) is 4.79 Å². The Kier molecular flexibility index (Phi) is 4.93. The topological polar surface area (TPSA) is 102 Å². The van der Waals surface area contributed by atoms with E-state index in [0.29, 0.717) is 11.5 Å². The number of rotatable bonds is 4. The molecule has 2 rings (SSSR count). The highest BCUT2D eigenvalue weighted by Crippen LogP contribution is 2.24. The van der Waals surface area contributed by atoms with Crippen molar-refractivity contribution in [3.05, 3.63) is 29.0 Å². The molecule has 7 nitrogen and oxygen atoms in total. The molecule has 2 aromatic heterocycles. The normalized spacial score (nSPS) is 12.9. The lowest BCUT2D eigenvalue weighted by atomic mass is 9.80. The monoisotopic (exact) mass is 381 g/mol. The molecule has 0 aliphatic rings. The summed E-state index contributed by atoms with van der Waals surface area (Å²) in [6.07, 6.45) is 3.54. The Bertz CT molecular complexity index is 735. The predicted octanol–water partition coefficient (Wildman–Crippen LogP) is 2.37. The summed E-state index contributed by atoms with van der Waals surface area (Å²) in [5.41, 5.74) is 5.79. The molecule has 124 valence electrons. The Morgan fingerprint density at radius 2 is 2.04 bits per heavy atom. The summed E-state index contributed by atoms with van der Waals surface area (Å²) in [5, 5.41) is 5.31. The molecule has 0 saturated heterocycles. The van der Waals surface area contributed by atoms with Crippen molar-refractivity contribution < 1.29 is 9.59 Å². The number of aromatic nitrogens is 2. The summed E-state index contributed by atoms with van der Waals surface area (Å²) in [7, 11) is 0. The Morgan fingerprint density at radius 3 is 2.65 bits per heavy atom. The van der Waals surface area contributed by atoms with Crippen LogP contribution in [-0.4, -0.2) is 27.9 Å². The van der Waals surface area contributed by atoms with Gasteiger partial charge in [-0.3, -0.25) is 10.1 Å². The van der Waals surface area contributed by atoms with Crippen molar-refractivity contribution in [2.75, 3.05) is 11.9 Å². The van der Waals surface area contributed by atoms with E-state index in [9.17, 15) is 9.59 Å². The first-order chi connectivity index (χ1) is 10.7. The predicted molar refractivity (Wildman–Crippen MR) is 92.1 cm³/mol. The van der Waals surface area contributed by atoms with Crippen LogP contribution in [0.4, 0.5) is 10.6 Å². The highest BCUT2D eigenvalue weighted by molar-refractivity contribution is 9.10. The fraction of sp³-hybridized carbons (Fsp3) is 0.400. The van der Waals surface area contributed by atoms with Crippen molar-refractivity contribution in [1.82, 2.24) is 14.7 Å². The third-order valence-electron chi connectivity index (χ3n) is 3.51. The standard InChI is InChI=1S/C15H20BrN5O2/c1-15(2,3)10(13(17)22)6-18-14(23)20-11-8-21-7-9(16)4-5-12(21)19-11/h4-5,7-8,10H,6H2,1-3H3,(H2,17,22)(H2,18,20,23). The van der Waals surface area contributed by atoms with Crippen molar-refractivity contribution in [1.29, 1.82) is 0 Å². The maximum absolute atomic E-state index is 12.0. The van der Waals surface area contributed by atoms with Gasteiger partial charge in [0, 0.05) is 17.2 Å². The number of imidazole rings is 1. The fourth-order valence-electron chi connectivity index (χ4n) is 2.21. The molecule has 23 heavy (non-hydrogen) atoms. The van der Waals surface area contributed by atoms with Gasteiger partial charge in [0.15, 0.2) is 5.82 Å². The molecule has 0 aliphatic heterocycles. The van der Waals surface area contributed by atoms with Crippen LogP contribution >= 0.6 is 15.9 Å². The quantitative estimate of drug-likeness (QED) is 0.757. The number of anilines is 1. The van der Waals surface area contributed by atoms with Crippen LogP contribution in [0.1, 0.15) is 20.8 Å². The van der Waals surface area contributed by atoms with Gasteiger partial charge in [-0.25, -0.2) is 9.78 Å². The zero-order chi connectivity index (χ0) is 17.2. The van der Waals surface area contributed by atoms with Crippen LogP contribution in [0, 0.1) is 11.3 Å². The van der Waals surface area contributed by atoms with E-state index >= 15 is 0 Å². The van der Waals surface area contributed by atoms with Gasteiger partial charge in [0.2, 0.25) is 5.91 Å². The van der Waals surface area contributed by atoms with Crippen LogP contribution in [0.5, 0.6) is 0 Å². The average Bonchev–Trinajstić information content (AvgIpc) is 2.77. The van der Waals surface area contributed by atoms with Crippen LogP contribution in [0.2, 0.25) is 0 Å². The SMILES string of the molecule is CC(C)(C)C(CNC(=O)Nc1cn2cc(Br)ccc2n1)C(N)=O. The Hall–Kier alpha value is -2.09. The van der Waals surface area contributed by atoms with Crippen molar-refractivity contribution in [3.8, 4) is 0 Å².